The number of piperidine rings is 1. The summed E-state index contributed by atoms with van der Waals surface area (Å²) in [5, 5.41) is 2.37. The van der Waals surface area contributed by atoms with Crippen molar-refractivity contribution in [2.75, 3.05) is 20.1 Å². The van der Waals surface area contributed by atoms with E-state index in [2.05, 4.69) is 26.2 Å². The summed E-state index contributed by atoms with van der Waals surface area (Å²) in [5.41, 5.74) is 0. The first-order valence-electron chi connectivity index (χ1n) is 4.88. The van der Waals surface area contributed by atoms with Crippen LogP contribution in [0.15, 0.2) is 0 Å². The van der Waals surface area contributed by atoms with Gasteiger partial charge in [-0.2, -0.15) is 0 Å². The van der Waals surface area contributed by atoms with Crippen LogP contribution in [0.1, 0.15) is 26.7 Å². The Morgan fingerprint density at radius 2 is 1.82 bits per heavy atom. The van der Waals surface area contributed by atoms with E-state index < -0.39 is 0 Å². The lowest BCUT2D eigenvalue weighted by atomic mass is 10.0. The van der Waals surface area contributed by atoms with Crippen LogP contribution in [0.4, 0.5) is 0 Å². The molecule has 0 unspecified atom stereocenters. The highest BCUT2D eigenvalue weighted by molar-refractivity contribution is 4.58. The second kappa shape index (κ2) is 4.07. The number of nitrogens with two attached hydrogens (primary N) is 1. The highest BCUT2D eigenvalue weighted by Gasteiger charge is 2.24. The van der Waals surface area contributed by atoms with Crippen LogP contribution in [0.25, 0.3) is 0 Å². The molecule has 0 aromatic carbocycles. The number of quaternary nitrogens is 2. The van der Waals surface area contributed by atoms with Gasteiger partial charge in [0.2, 0.25) is 0 Å². The van der Waals surface area contributed by atoms with Crippen molar-refractivity contribution in [1.29, 1.82) is 0 Å². The molecule has 0 atom stereocenters. The molecule has 0 aromatic heterocycles. The van der Waals surface area contributed by atoms with E-state index in [1.807, 2.05) is 0 Å². The molecule has 1 aliphatic heterocycles. The molecule has 2 heteroatoms. The van der Waals surface area contributed by atoms with Crippen LogP contribution in [0, 0.1) is 0 Å². The van der Waals surface area contributed by atoms with Crippen molar-refractivity contribution in [2.24, 2.45) is 0 Å². The molecule has 2 nitrogen and oxygen atoms in total. The van der Waals surface area contributed by atoms with Crippen LogP contribution in [0.3, 0.4) is 0 Å². The number of hydrogen-bond donors (Lipinski definition) is 2. The van der Waals surface area contributed by atoms with Crippen molar-refractivity contribution >= 4 is 0 Å². The first-order chi connectivity index (χ1) is 5.24. The van der Waals surface area contributed by atoms with Gasteiger partial charge in [-0.25, -0.2) is 0 Å². The minimum absolute atomic E-state index is 0.827. The third-order valence-corrected chi connectivity index (χ3v) is 2.96. The van der Waals surface area contributed by atoms with Crippen molar-refractivity contribution < 1.29 is 10.2 Å². The summed E-state index contributed by atoms with van der Waals surface area (Å²) >= 11 is 0. The molecular formula is C9H22N2+2. The Balaban J connectivity index is 2.24. The molecule has 0 spiro atoms. The fraction of sp³-hybridized carbons (Fsp3) is 1.00. The zero-order chi connectivity index (χ0) is 8.27. The molecule has 0 aliphatic carbocycles. The monoisotopic (exact) mass is 158 g/mol. The predicted octanol–water partition coefficient (Wildman–Crippen LogP) is -1.36. The molecule has 0 amide bonds. The van der Waals surface area contributed by atoms with Gasteiger partial charge in [-0.1, -0.05) is 0 Å². The van der Waals surface area contributed by atoms with Crippen LogP contribution < -0.4 is 10.2 Å². The fourth-order valence-electron chi connectivity index (χ4n) is 1.92. The van der Waals surface area contributed by atoms with E-state index in [9.17, 15) is 0 Å². The van der Waals surface area contributed by atoms with Crippen LogP contribution in [-0.2, 0) is 0 Å². The zero-order valence-corrected chi connectivity index (χ0v) is 8.06. The maximum atomic E-state index is 2.37. The molecule has 1 fully saturated rings. The SMILES string of the molecule is C[NH2+]C1CC[NH+](C(C)C)CC1. The summed E-state index contributed by atoms with van der Waals surface area (Å²) in [6.45, 7) is 7.41. The molecule has 0 aromatic rings. The van der Waals surface area contributed by atoms with Crippen molar-refractivity contribution in [1.82, 2.24) is 0 Å². The van der Waals surface area contributed by atoms with Crippen LogP contribution >= 0.6 is 0 Å². The van der Waals surface area contributed by atoms with Gasteiger partial charge >= 0.3 is 0 Å². The molecule has 0 radical (unpaired) electrons. The molecule has 1 heterocycles. The van der Waals surface area contributed by atoms with Crippen molar-refractivity contribution in [3.8, 4) is 0 Å². The van der Waals surface area contributed by atoms with E-state index in [-0.39, 0.29) is 0 Å². The number of rotatable bonds is 2. The highest BCUT2D eigenvalue weighted by atomic mass is 15.2. The fourth-order valence-corrected chi connectivity index (χ4v) is 1.92. The van der Waals surface area contributed by atoms with Crippen molar-refractivity contribution in [2.45, 2.75) is 38.8 Å². The normalized spacial score (nSPS) is 32.7. The predicted molar refractivity (Wildman–Crippen MR) is 46.7 cm³/mol. The quantitative estimate of drug-likeness (QED) is 0.495. The molecule has 1 saturated heterocycles. The number of likely N-dealkylation sites (tertiary alicyclic amines) is 1. The van der Waals surface area contributed by atoms with E-state index in [1.54, 1.807) is 4.90 Å². The van der Waals surface area contributed by atoms with Gasteiger partial charge in [0, 0.05) is 12.8 Å². The van der Waals surface area contributed by atoms with E-state index in [0.29, 0.717) is 0 Å². The van der Waals surface area contributed by atoms with E-state index in [0.717, 1.165) is 12.1 Å². The first-order valence-corrected chi connectivity index (χ1v) is 4.88. The standard InChI is InChI=1S/C9H20N2/c1-8(2)11-6-4-9(10-3)5-7-11/h8-10H,4-7H2,1-3H3/p+2. The number of hydrogen-bond acceptors (Lipinski definition) is 0. The second-order valence-electron chi connectivity index (χ2n) is 3.98. The maximum absolute atomic E-state index is 2.37. The van der Waals surface area contributed by atoms with Crippen molar-refractivity contribution in [3.63, 3.8) is 0 Å². The van der Waals surface area contributed by atoms with E-state index in [4.69, 9.17) is 0 Å². The lowest BCUT2D eigenvalue weighted by molar-refractivity contribution is -0.932. The average molecular weight is 158 g/mol. The van der Waals surface area contributed by atoms with Gasteiger partial charge < -0.3 is 10.2 Å². The van der Waals surface area contributed by atoms with E-state index in [1.165, 1.54) is 25.9 Å². The molecular weight excluding hydrogens is 136 g/mol. The minimum atomic E-state index is 0.827. The maximum Gasteiger partial charge on any atom is 0.0965 e. The summed E-state index contributed by atoms with van der Waals surface area (Å²) in [6, 6.07) is 1.74. The Bertz CT molecular complexity index is 104. The first kappa shape index (κ1) is 9.01. The lowest BCUT2D eigenvalue weighted by Gasteiger charge is -2.29. The molecule has 1 rings (SSSR count). The van der Waals surface area contributed by atoms with Gasteiger partial charge in [-0.3, -0.25) is 0 Å². The Morgan fingerprint density at radius 3 is 2.18 bits per heavy atom. The Labute approximate surface area is 70.0 Å². The lowest BCUT2D eigenvalue weighted by Crippen LogP contribution is -3.17. The van der Waals surface area contributed by atoms with Crippen LogP contribution in [0.2, 0.25) is 0 Å². The molecule has 0 saturated carbocycles. The minimum Gasteiger partial charge on any atom is -0.346 e. The van der Waals surface area contributed by atoms with Gasteiger partial charge in [0.15, 0.2) is 0 Å². The third-order valence-electron chi connectivity index (χ3n) is 2.96. The summed E-state index contributed by atoms with van der Waals surface area (Å²) in [4.78, 5) is 1.79. The zero-order valence-electron chi connectivity index (χ0n) is 8.06. The topological polar surface area (TPSA) is 21.1 Å². The molecule has 0 bridgehead atoms. The molecule has 1 aliphatic rings. The molecule has 3 N–H and O–H groups in total. The smallest absolute Gasteiger partial charge is 0.0965 e. The van der Waals surface area contributed by atoms with Gasteiger partial charge in [-0.15, -0.1) is 0 Å². The van der Waals surface area contributed by atoms with E-state index >= 15 is 0 Å². The van der Waals surface area contributed by atoms with Crippen LogP contribution in [-0.4, -0.2) is 32.2 Å². The summed E-state index contributed by atoms with van der Waals surface area (Å²) < 4.78 is 0. The number of nitrogens with one attached hydrogen (secondary N) is 1. The van der Waals surface area contributed by atoms with Crippen molar-refractivity contribution in [3.05, 3.63) is 0 Å². The third kappa shape index (κ3) is 2.46. The second-order valence-corrected chi connectivity index (χ2v) is 3.98. The largest absolute Gasteiger partial charge is 0.346 e. The van der Waals surface area contributed by atoms with Gasteiger partial charge in [0.1, 0.15) is 0 Å². The van der Waals surface area contributed by atoms with Crippen LogP contribution in [0.5, 0.6) is 0 Å². The Hall–Kier alpha value is -0.0800. The summed E-state index contributed by atoms with van der Waals surface area (Å²) in [5.74, 6) is 0. The Morgan fingerprint density at radius 1 is 1.27 bits per heavy atom. The Kier molecular flexibility index (Phi) is 3.34. The van der Waals surface area contributed by atoms with Gasteiger partial charge in [0.25, 0.3) is 0 Å². The summed E-state index contributed by atoms with van der Waals surface area (Å²) in [6.07, 6.45) is 2.81. The van der Waals surface area contributed by atoms with Gasteiger partial charge in [0.05, 0.1) is 32.2 Å². The molecule has 11 heavy (non-hydrogen) atoms. The average Bonchev–Trinajstić information content (AvgIpc) is 2.05. The summed E-state index contributed by atoms with van der Waals surface area (Å²) in [7, 11) is 2.20. The molecule has 66 valence electrons. The van der Waals surface area contributed by atoms with Gasteiger partial charge in [-0.05, 0) is 13.8 Å². The highest BCUT2D eigenvalue weighted by Crippen LogP contribution is 1.93.